The Hall–Kier alpha value is -2.17. The van der Waals surface area contributed by atoms with Crippen molar-refractivity contribution in [1.29, 1.82) is 0 Å². The van der Waals surface area contributed by atoms with Crippen molar-refractivity contribution in [2.45, 2.75) is 25.4 Å². The van der Waals surface area contributed by atoms with Crippen LogP contribution < -0.4 is 5.32 Å². The first-order chi connectivity index (χ1) is 12.5. The summed E-state index contributed by atoms with van der Waals surface area (Å²) in [5, 5.41) is 14.8. The van der Waals surface area contributed by atoms with Crippen LogP contribution in [0.3, 0.4) is 0 Å². The van der Waals surface area contributed by atoms with Crippen LogP contribution in [-0.4, -0.2) is 50.3 Å². The highest BCUT2D eigenvalue weighted by Gasteiger charge is 2.61. The maximum atomic E-state index is 13.0. The molecule has 136 valence electrons. The second-order valence-corrected chi connectivity index (χ2v) is 8.19. The third-order valence-corrected chi connectivity index (χ3v) is 6.81. The number of carboxylic acids is 1. The summed E-state index contributed by atoms with van der Waals surface area (Å²) in [6.45, 7) is 2.13. The smallest absolute Gasteiger partial charge is 0.321 e. The number of carboxylic acid groups (broad SMARTS) is 1. The van der Waals surface area contributed by atoms with Crippen LogP contribution >= 0.6 is 22.7 Å². The lowest BCUT2D eigenvalue weighted by Crippen LogP contribution is -2.43. The van der Waals surface area contributed by atoms with E-state index in [9.17, 15) is 19.5 Å². The molecular weight excluding hydrogens is 376 g/mol. The van der Waals surface area contributed by atoms with Crippen LogP contribution in [0.1, 0.15) is 21.6 Å². The monoisotopic (exact) mass is 392 g/mol. The standard InChI is InChI=1S/C16H16N4O4S2/c1-7-8(26-6-18-7)2-4-20-14(21)9-10(15(20)22)12(16(23)24)19-11(9)13-17-3-5-25-13/h3,5-6,9-12,19H,2,4H2,1H3,(H,23,24). The number of aromatic nitrogens is 2. The molecule has 2 fully saturated rings. The van der Waals surface area contributed by atoms with Crippen LogP contribution in [0, 0.1) is 18.8 Å². The number of nitrogens with one attached hydrogen (secondary N) is 1. The van der Waals surface area contributed by atoms with Gasteiger partial charge in [0.15, 0.2) is 0 Å². The summed E-state index contributed by atoms with van der Waals surface area (Å²) in [6.07, 6.45) is 2.14. The first-order valence-electron chi connectivity index (χ1n) is 8.11. The first-order valence-corrected chi connectivity index (χ1v) is 9.87. The maximum absolute atomic E-state index is 13.0. The Bertz CT molecular complexity index is 865. The number of carbonyl (C=O) groups excluding carboxylic acids is 2. The van der Waals surface area contributed by atoms with Gasteiger partial charge in [0.05, 0.1) is 29.1 Å². The summed E-state index contributed by atoms with van der Waals surface area (Å²) in [7, 11) is 0. The van der Waals surface area contributed by atoms with Gasteiger partial charge < -0.3 is 5.11 Å². The van der Waals surface area contributed by atoms with Crippen molar-refractivity contribution >= 4 is 40.5 Å². The fraction of sp³-hybridized carbons (Fsp3) is 0.438. The van der Waals surface area contributed by atoms with E-state index in [1.807, 2.05) is 6.92 Å². The summed E-state index contributed by atoms with van der Waals surface area (Å²) in [5.41, 5.74) is 2.62. The van der Waals surface area contributed by atoms with Crippen LogP contribution in [0.2, 0.25) is 0 Å². The SMILES string of the molecule is Cc1ncsc1CCN1C(=O)C2C(C(=O)O)NC(c3nccs3)C2C1=O. The molecular formula is C16H16N4O4S2. The molecule has 2 aliphatic heterocycles. The average molecular weight is 392 g/mol. The lowest BCUT2D eigenvalue weighted by molar-refractivity contribution is -0.146. The number of nitrogens with zero attached hydrogens (tertiary/aromatic N) is 3. The minimum Gasteiger partial charge on any atom is -0.480 e. The number of hydrogen-bond acceptors (Lipinski definition) is 8. The Morgan fingerprint density at radius 1 is 1.27 bits per heavy atom. The molecule has 2 aromatic rings. The lowest BCUT2D eigenvalue weighted by Gasteiger charge is -2.20. The molecule has 10 heteroatoms. The van der Waals surface area contributed by atoms with Gasteiger partial charge in [-0.3, -0.25) is 24.6 Å². The lowest BCUT2D eigenvalue weighted by atomic mass is 9.89. The molecule has 0 aliphatic carbocycles. The Morgan fingerprint density at radius 2 is 2.04 bits per heavy atom. The van der Waals surface area contributed by atoms with Gasteiger partial charge in [0.2, 0.25) is 11.8 Å². The number of imide groups is 1. The number of aryl methyl sites for hydroxylation is 1. The predicted molar refractivity (Wildman–Crippen MR) is 93.7 cm³/mol. The van der Waals surface area contributed by atoms with Gasteiger partial charge in [-0.1, -0.05) is 0 Å². The molecule has 0 radical (unpaired) electrons. The summed E-state index contributed by atoms with van der Waals surface area (Å²) >= 11 is 2.83. The van der Waals surface area contributed by atoms with Gasteiger partial charge >= 0.3 is 5.97 Å². The van der Waals surface area contributed by atoms with Gasteiger partial charge in [0.1, 0.15) is 11.0 Å². The molecule has 2 N–H and O–H groups in total. The Kier molecular flexibility index (Phi) is 4.33. The van der Waals surface area contributed by atoms with Crippen LogP contribution in [0.4, 0.5) is 0 Å². The minimum absolute atomic E-state index is 0.241. The zero-order chi connectivity index (χ0) is 18.4. The van der Waals surface area contributed by atoms with Gasteiger partial charge in [0.25, 0.3) is 0 Å². The molecule has 2 aromatic heterocycles. The molecule has 0 spiro atoms. The number of likely N-dealkylation sites (tertiary alicyclic amines) is 1. The van der Waals surface area contributed by atoms with Crippen molar-refractivity contribution in [1.82, 2.24) is 20.2 Å². The van der Waals surface area contributed by atoms with E-state index in [1.165, 1.54) is 27.6 Å². The summed E-state index contributed by atoms with van der Waals surface area (Å²) in [5.74, 6) is -3.48. The molecule has 2 aliphatic rings. The normalized spacial score (nSPS) is 28.0. The van der Waals surface area contributed by atoms with E-state index in [0.717, 1.165) is 10.6 Å². The zero-order valence-electron chi connectivity index (χ0n) is 13.8. The van der Waals surface area contributed by atoms with Crippen molar-refractivity contribution in [3.63, 3.8) is 0 Å². The molecule has 2 amide bonds. The zero-order valence-corrected chi connectivity index (χ0v) is 15.4. The second kappa shape index (κ2) is 6.53. The van der Waals surface area contributed by atoms with Crippen molar-refractivity contribution in [2.24, 2.45) is 11.8 Å². The molecule has 0 bridgehead atoms. The fourth-order valence-corrected chi connectivity index (χ4v) is 5.23. The molecule has 0 aromatic carbocycles. The molecule has 2 saturated heterocycles. The quantitative estimate of drug-likeness (QED) is 0.725. The van der Waals surface area contributed by atoms with E-state index in [2.05, 4.69) is 15.3 Å². The number of amides is 2. The van der Waals surface area contributed by atoms with E-state index in [0.29, 0.717) is 11.4 Å². The first kappa shape index (κ1) is 17.3. The summed E-state index contributed by atoms with van der Waals surface area (Å²) < 4.78 is 0. The van der Waals surface area contributed by atoms with E-state index >= 15 is 0 Å². The Morgan fingerprint density at radius 3 is 2.65 bits per heavy atom. The number of rotatable bonds is 5. The average Bonchev–Trinajstić information content (AvgIpc) is 3.35. The highest BCUT2D eigenvalue weighted by atomic mass is 32.1. The molecule has 4 rings (SSSR count). The number of thiazole rings is 2. The number of aliphatic carboxylic acids is 1. The molecule has 4 atom stereocenters. The van der Waals surface area contributed by atoms with Crippen molar-refractivity contribution in [2.75, 3.05) is 6.54 Å². The molecule has 0 saturated carbocycles. The van der Waals surface area contributed by atoms with Crippen LogP contribution in [-0.2, 0) is 20.8 Å². The van der Waals surface area contributed by atoms with Gasteiger partial charge in [-0.2, -0.15) is 0 Å². The van der Waals surface area contributed by atoms with Crippen LogP contribution in [0.25, 0.3) is 0 Å². The third kappa shape index (κ3) is 2.65. The number of hydrogen-bond donors (Lipinski definition) is 2. The summed E-state index contributed by atoms with van der Waals surface area (Å²) in [6, 6.07) is -1.63. The molecule has 8 nitrogen and oxygen atoms in total. The Labute approximate surface area is 156 Å². The van der Waals surface area contributed by atoms with Crippen molar-refractivity contribution in [3.8, 4) is 0 Å². The predicted octanol–water partition coefficient (Wildman–Crippen LogP) is 0.849. The van der Waals surface area contributed by atoms with E-state index in [4.69, 9.17) is 0 Å². The molecule has 4 heterocycles. The number of carbonyl (C=O) groups is 3. The van der Waals surface area contributed by atoms with E-state index in [-0.39, 0.29) is 12.5 Å². The van der Waals surface area contributed by atoms with E-state index in [1.54, 1.807) is 17.1 Å². The van der Waals surface area contributed by atoms with Gasteiger partial charge in [-0.25, -0.2) is 9.97 Å². The van der Waals surface area contributed by atoms with E-state index < -0.39 is 35.8 Å². The summed E-state index contributed by atoms with van der Waals surface area (Å²) in [4.78, 5) is 48.1. The molecule has 26 heavy (non-hydrogen) atoms. The minimum atomic E-state index is -1.12. The fourth-order valence-electron chi connectivity index (χ4n) is 3.71. The maximum Gasteiger partial charge on any atom is 0.321 e. The van der Waals surface area contributed by atoms with Crippen LogP contribution in [0.15, 0.2) is 17.1 Å². The molecule has 4 unspecified atom stereocenters. The third-order valence-electron chi connectivity index (χ3n) is 4.96. The van der Waals surface area contributed by atoms with Crippen LogP contribution in [0.5, 0.6) is 0 Å². The highest BCUT2D eigenvalue weighted by Crippen LogP contribution is 2.44. The van der Waals surface area contributed by atoms with Crippen molar-refractivity contribution in [3.05, 3.63) is 32.7 Å². The second-order valence-electron chi connectivity index (χ2n) is 6.32. The van der Waals surface area contributed by atoms with Crippen molar-refractivity contribution < 1.29 is 19.5 Å². The largest absolute Gasteiger partial charge is 0.480 e. The van der Waals surface area contributed by atoms with Gasteiger partial charge in [-0.15, -0.1) is 22.7 Å². The highest BCUT2D eigenvalue weighted by molar-refractivity contribution is 7.09. The number of fused-ring (bicyclic) bond motifs is 1. The Balaban J connectivity index is 1.60. The van der Waals surface area contributed by atoms with Gasteiger partial charge in [0, 0.05) is 29.4 Å². The topological polar surface area (TPSA) is 112 Å². The van der Waals surface area contributed by atoms with Gasteiger partial charge in [-0.05, 0) is 6.92 Å².